The van der Waals surface area contributed by atoms with Gasteiger partial charge in [0, 0.05) is 24.0 Å². The average Bonchev–Trinajstić information content (AvgIpc) is 2.65. The molecular weight excluding hydrogens is 198 g/mol. The highest BCUT2D eigenvalue weighted by Gasteiger charge is 2.04. The van der Waals surface area contributed by atoms with E-state index < -0.39 is 0 Å². The van der Waals surface area contributed by atoms with Gasteiger partial charge >= 0.3 is 0 Å². The van der Waals surface area contributed by atoms with Gasteiger partial charge in [0.15, 0.2) is 0 Å². The summed E-state index contributed by atoms with van der Waals surface area (Å²) < 4.78 is 2.10. The highest BCUT2D eigenvalue weighted by Crippen LogP contribution is 2.15. The summed E-state index contributed by atoms with van der Waals surface area (Å²) in [6, 6.07) is 6.49. The number of nitrogens with two attached hydrogens (primary N) is 1. The molecule has 84 valence electrons. The van der Waals surface area contributed by atoms with Crippen molar-refractivity contribution >= 4 is 0 Å². The summed E-state index contributed by atoms with van der Waals surface area (Å²) >= 11 is 0. The molecule has 3 nitrogen and oxygen atoms in total. The number of aryl methyl sites for hydroxylation is 2. The minimum Gasteiger partial charge on any atom is -0.330 e. The lowest BCUT2D eigenvalue weighted by Crippen LogP contribution is -2.07. The van der Waals surface area contributed by atoms with E-state index in [1.807, 2.05) is 12.5 Å². The van der Waals surface area contributed by atoms with Crippen LogP contribution in [0.2, 0.25) is 0 Å². The largest absolute Gasteiger partial charge is 0.330 e. The van der Waals surface area contributed by atoms with Gasteiger partial charge in [-0.1, -0.05) is 6.07 Å². The van der Waals surface area contributed by atoms with E-state index in [1.165, 1.54) is 16.8 Å². The minimum absolute atomic E-state index is 0.649. The maximum Gasteiger partial charge on any atom is 0.0994 e. The molecule has 0 saturated heterocycles. The monoisotopic (exact) mass is 215 g/mol. The van der Waals surface area contributed by atoms with Crippen LogP contribution in [0.4, 0.5) is 0 Å². The second-order valence-electron chi connectivity index (χ2n) is 4.14. The van der Waals surface area contributed by atoms with Crippen LogP contribution >= 0.6 is 0 Å². The zero-order chi connectivity index (χ0) is 11.5. The van der Waals surface area contributed by atoms with Crippen LogP contribution in [0.5, 0.6) is 0 Å². The van der Waals surface area contributed by atoms with Crippen molar-refractivity contribution in [2.24, 2.45) is 5.73 Å². The first-order valence-electron chi connectivity index (χ1n) is 5.50. The lowest BCUT2D eigenvalue weighted by molar-refractivity contribution is 0.872. The Morgan fingerprint density at radius 3 is 2.50 bits per heavy atom. The van der Waals surface area contributed by atoms with E-state index in [0.29, 0.717) is 6.54 Å². The van der Waals surface area contributed by atoms with Gasteiger partial charge in [-0.25, -0.2) is 4.98 Å². The van der Waals surface area contributed by atoms with Crippen molar-refractivity contribution < 1.29 is 0 Å². The van der Waals surface area contributed by atoms with Crippen molar-refractivity contribution in [1.82, 2.24) is 9.55 Å². The molecule has 0 aliphatic rings. The van der Waals surface area contributed by atoms with Crippen LogP contribution in [-0.4, -0.2) is 16.1 Å². The molecule has 16 heavy (non-hydrogen) atoms. The number of nitrogens with zero attached hydrogens (tertiary/aromatic N) is 2. The van der Waals surface area contributed by atoms with E-state index in [4.69, 9.17) is 5.73 Å². The van der Waals surface area contributed by atoms with Gasteiger partial charge in [0.25, 0.3) is 0 Å². The Bertz CT molecular complexity index is 465. The molecule has 0 aliphatic heterocycles. The average molecular weight is 215 g/mol. The van der Waals surface area contributed by atoms with Gasteiger partial charge in [0.05, 0.1) is 6.33 Å². The molecule has 3 heteroatoms. The molecule has 0 fully saturated rings. The fourth-order valence-corrected chi connectivity index (χ4v) is 1.98. The van der Waals surface area contributed by atoms with E-state index in [0.717, 1.165) is 12.1 Å². The van der Waals surface area contributed by atoms with Gasteiger partial charge in [-0.05, 0) is 43.7 Å². The normalized spacial score (nSPS) is 10.7. The molecule has 0 atom stereocenters. The number of aromatic nitrogens is 2. The number of hydrogen-bond acceptors (Lipinski definition) is 2. The molecule has 0 bridgehead atoms. The Balaban J connectivity index is 2.45. The van der Waals surface area contributed by atoms with Gasteiger partial charge in [0.1, 0.15) is 0 Å². The van der Waals surface area contributed by atoms with Gasteiger partial charge in [0.2, 0.25) is 0 Å². The summed E-state index contributed by atoms with van der Waals surface area (Å²) in [7, 11) is 0. The lowest BCUT2D eigenvalue weighted by Gasteiger charge is -2.09. The Hall–Kier alpha value is -1.61. The SMILES string of the molecule is Cc1cc(C)cc(-n2cncc2CCN)c1. The molecule has 2 aromatic rings. The van der Waals surface area contributed by atoms with E-state index in [-0.39, 0.29) is 0 Å². The van der Waals surface area contributed by atoms with Crippen LogP contribution in [0.1, 0.15) is 16.8 Å². The summed E-state index contributed by atoms with van der Waals surface area (Å²) in [6.07, 6.45) is 4.58. The first-order chi connectivity index (χ1) is 7.70. The molecule has 0 radical (unpaired) electrons. The molecule has 0 spiro atoms. The first-order valence-corrected chi connectivity index (χ1v) is 5.50. The second-order valence-corrected chi connectivity index (χ2v) is 4.14. The topological polar surface area (TPSA) is 43.8 Å². The maximum absolute atomic E-state index is 5.59. The van der Waals surface area contributed by atoms with Crippen LogP contribution in [0, 0.1) is 13.8 Å². The molecule has 0 unspecified atom stereocenters. The molecule has 2 rings (SSSR count). The lowest BCUT2D eigenvalue weighted by atomic mass is 10.1. The van der Waals surface area contributed by atoms with Crippen molar-refractivity contribution in [3.05, 3.63) is 47.5 Å². The summed E-state index contributed by atoms with van der Waals surface area (Å²) in [5.74, 6) is 0. The van der Waals surface area contributed by atoms with Crippen LogP contribution < -0.4 is 5.73 Å². The summed E-state index contributed by atoms with van der Waals surface area (Å²) in [5.41, 5.74) is 10.4. The third-order valence-electron chi connectivity index (χ3n) is 2.60. The highest BCUT2D eigenvalue weighted by molar-refractivity contribution is 5.40. The maximum atomic E-state index is 5.59. The van der Waals surface area contributed by atoms with E-state index in [2.05, 4.69) is 41.6 Å². The molecule has 2 N–H and O–H groups in total. The predicted octanol–water partition coefficient (Wildman–Crippen LogP) is 1.99. The van der Waals surface area contributed by atoms with E-state index in [1.54, 1.807) is 0 Å². The van der Waals surface area contributed by atoms with Crippen molar-refractivity contribution in [3.8, 4) is 5.69 Å². The molecule has 1 aromatic heterocycles. The fourth-order valence-electron chi connectivity index (χ4n) is 1.98. The summed E-state index contributed by atoms with van der Waals surface area (Å²) in [6.45, 7) is 4.86. The van der Waals surface area contributed by atoms with Crippen molar-refractivity contribution in [2.75, 3.05) is 6.54 Å². The zero-order valence-corrected chi connectivity index (χ0v) is 9.77. The van der Waals surface area contributed by atoms with Crippen LogP contribution in [0.25, 0.3) is 5.69 Å². The summed E-state index contributed by atoms with van der Waals surface area (Å²) in [4.78, 5) is 4.18. The second kappa shape index (κ2) is 4.49. The van der Waals surface area contributed by atoms with Crippen LogP contribution in [0.15, 0.2) is 30.7 Å². The van der Waals surface area contributed by atoms with Gasteiger partial charge in [-0.15, -0.1) is 0 Å². The number of rotatable bonds is 3. The van der Waals surface area contributed by atoms with Gasteiger partial charge in [-0.3, -0.25) is 0 Å². The smallest absolute Gasteiger partial charge is 0.0994 e. The number of benzene rings is 1. The van der Waals surface area contributed by atoms with Gasteiger partial charge < -0.3 is 10.3 Å². The van der Waals surface area contributed by atoms with E-state index in [9.17, 15) is 0 Å². The Kier molecular flexibility index (Phi) is 3.06. The Morgan fingerprint density at radius 1 is 1.19 bits per heavy atom. The first kappa shape index (κ1) is 10.9. The number of hydrogen-bond donors (Lipinski definition) is 1. The molecule has 0 aliphatic carbocycles. The molecule has 1 aromatic carbocycles. The Labute approximate surface area is 95.9 Å². The van der Waals surface area contributed by atoms with Crippen molar-refractivity contribution in [2.45, 2.75) is 20.3 Å². The highest BCUT2D eigenvalue weighted by atomic mass is 15.0. The molecule has 1 heterocycles. The predicted molar refractivity (Wildman–Crippen MR) is 65.8 cm³/mol. The van der Waals surface area contributed by atoms with E-state index >= 15 is 0 Å². The zero-order valence-electron chi connectivity index (χ0n) is 9.77. The molecular formula is C13H17N3. The summed E-state index contributed by atoms with van der Waals surface area (Å²) in [5, 5.41) is 0. The van der Waals surface area contributed by atoms with Gasteiger partial charge in [-0.2, -0.15) is 0 Å². The fraction of sp³-hybridized carbons (Fsp3) is 0.308. The standard InChI is InChI=1S/C13H17N3/c1-10-5-11(2)7-13(6-10)16-9-15-8-12(16)3-4-14/h5-9H,3-4,14H2,1-2H3. The van der Waals surface area contributed by atoms with Crippen LogP contribution in [-0.2, 0) is 6.42 Å². The van der Waals surface area contributed by atoms with Crippen molar-refractivity contribution in [3.63, 3.8) is 0 Å². The third-order valence-corrected chi connectivity index (χ3v) is 2.60. The van der Waals surface area contributed by atoms with Crippen molar-refractivity contribution in [1.29, 1.82) is 0 Å². The Morgan fingerprint density at radius 2 is 1.88 bits per heavy atom. The number of imidazole rings is 1. The third kappa shape index (κ3) is 2.14. The molecule has 0 amide bonds. The quantitative estimate of drug-likeness (QED) is 0.851. The van der Waals surface area contributed by atoms with Crippen LogP contribution in [0.3, 0.4) is 0 Å². The molecule has 0 saturated carbocycles. The minimum atomic E-state index is 0.649.